The van der Waals surface area contributed by atoms with E-state index < -0.39 is 5.97 Å². The zero-order valence-electron chi connectivity index (χ0n) is 11.4. The number of unbranched alkanes of at least 4 members (excludes halogenated alkanes) is 3. The molecule has 0 aliphatic rings. The van der Waals surface area contributed by atoms with Crippen LogP contribution in [0.25, 0.3) is 0 Å². The zero-order chi connectivity index (χ0) is 13.5. The molecule has 0 aromatic carbocycles. The van der Waals surface area contributed by atoms with Crippen LogP contribution in [0.5, 0.6) is 0 Å². The van der Waals surface area contributed by atoms with Crippen molar-refractivity contribution in [2.24, 2.45) is 0 Å². The van der Waals surface area contributed by atoms with Gasteiger partial charge in [-0.05, 0) is 6.42 Å². The number of carboxylic acid groups (broad SMARTS) is 1. The van der Waals surface area contributed by atoms with Gasteiger partial charge in [0.2, 0.25) is 0 Å². The van der Waals surface area contributed by atoms with Crippen molar-refractivity contribution >= 4 is 5.97 Å². The average Bonchev–Trinajstić information content (AvgIpc) is 2.34. The van der Waals surface area contributed by atoms with Crippen molar-refractivity contribution in [1.82, 2.24) is 0 Å². The smallest absolute Gasteiger partial charge is 0.305 e. The molecule has 0 radical (unpaired) electrons. The Morgan fingerprint density at radius 1 is 0.833 bits per heavy atom. The first-order chi connectivity index (χ1) is 8.77. The van der Waals surface area contributed by atoms with Crippen molar-refractivity contribution in [1.29, 1.82) is 0 Å². The van der Waals surface area contributed by atoms with Crippen molar-refractivity contribution < 1.29 is 24.1 Å². The number of carbonyl (C=O) groups is 1. The van der Waals surface area contributed by atoms with E-state index in [0.29, 0.717) is 26.4 Å². The maximum absolute atomic E-state index is 10.2. The molecular formula is C13H26O5. The number of carboxylic acids is 1. The van der Waals surface area contributed by atoms with Gasteiger partial charge in [-0.25, -0.2) is 0 Å². The molecular weight excluding hydrogens is 236 g/mol. The number of hydrogen-bond donors (Lipinski definition) is 1. The van der Waals surface area contributed by atoms with Crippen LogP contribution < -0.4 is 0 Å². The van der Waals surface area contributed by atoms with Crippen LogP contribution in [0, 0.1) is 0 Å². The van der Waals surface area contributed by atoms with Crippen LogP contribution in [0.3, 0.4) is 0 Å². The lowest BCUT2D eigenvalue weighted by atomic mass is 10.2. The maximum Gasteiger partial charge on any atom is 0.305 e. The lowest BCUT2D eigenvalue weighted by Gasteiger charge is -2.06. The van der Waals surface area contributed by atoms with Gasteiger partial charge < -0.3 is 19.3 Å². The third-order valence-corrected chi connectivity index (χ3v) is 2.35. The van der Waals surface area contributed by atoms with Gasteiger partial charge in [-0.3, -0.25) is 4.79 Å². The average molecular weight is 262 g/mol. The molecule has 0 aromatic heterocycles. The summed E-state index contributed by atoms with van der Waals surface area (Å²) in [4.78, 5) is 10.2. The normalized spacial score (nSPS) is 10.7. The Morgan fingerprint density at radius 2 is 1.39 bits per heavy atom. The highest BCUT2D eigenvalue weighted by Gasteiger charge is 1.96. The van der Waals surface area contributed by atoms with Crippen LogP contribution >= 0.6 is 0 Å². The minimum atomic E-state index is -0.840. The van der Waals surface area contributed by atoms with Crippen LogP contribution in [-0.2, 0) is 19.0 Å². The molecule has 0 amide bonds. The Labute approximate surface area is 109 Å². The monoisotopic (exact) mass is 262 g/mol. The number of rotatable bonds is 14. The van der Waals surface area contributed by atoms with E-state index in [1.807, 2.05) is 0 Å². The minimum Gasteiger partial charge on any atom is -0.481 e. The van der Waals surface area contributed by atoms with Crippen molar-refractivity contribution in [2.45, 2.75) is 39.0 Å². The third kappa shape index (κ3) is 15.4. The Bertz CT molecular complexity index is 184. The molecule has 5 heteroatoms. The summed E-state index contributed by atoms with van der Waals surface area (Å²) in [6, 6.07) is 0. The highest BCUT2D eigenvalue weighted by Crippen LogP contribution is 1.98. The quantitative estimate of drug-likeness (QED) is 0.486. The standard InChI is InChI=1S/C13H26O5/c1-2-3-4-5-7-16-9-11-18-12-10-17-8-6-13(14)15/h2-12H2,1H3,(H,14,15). The fourth-order valence-corrected chi connectivity index (χ4v) is 1.33. The molecule has 0 aliphatic carbocycles. The molecule has 0 heterocycles. The molecule has 0 unspecified atom stereocenters. The highest BCUT2D eigenvalue weighted by atomic mass is 16.5. The van der Waals surface area contributed by atoms with Gasteiger partial charge in [-0.2, -0.15) is 0 Å². The first kappa shape index (κ1) is 17.4. The Hall–Kier alpha value is -0.650. The zero-order valence-corrected chi connectivity index (χ0v) is 11.4. The molecule has 0 saturated heterocycles. The Balaban J connectivity index is 2.92. The van der Waals surface area contributed by atoms with E-state index in [-0.39, 0.29) is 13.0 Å². The second kappa shape index (κ2) is 14.4. The SMILES string of the molecule is CCCCCCOCCOCCOCCC(=O)O. The molecule has 0 saturated carbocycles. The van der Waals surface area contributed by atoms with E-state index in [0.717, 1.165) is 13.0 Å². The van der Waals surface area contributed by atoms with E-state index in [1.54, 1.807) is 0 Å². The second-order valence-electron chi connectivity index (χ2n) is 4.04. The fourth-order valence-electron chi connectivity index (χ4n) is 1.33. The number of hydrogen-bond acceptors (Lipinski definition) is 4. The molecule has 0 atom stereocenters. The van der Waals surface area contributed by atoms with Crippen molar-refractivity contribution in [3.05, 3.63) is 0 Å². The summed E-state index contributed by atoms with van der Waals surface area (Å²) < 4.78 is 15.7. The Morgan fingerprint density at radius 3 is 1.94 bits per heavy atom. The summed E-state index contributed by atoms with van der Waals surface area (Å²) in [5.41, 5.74) is 0. The lowest BCUT2D eigenvalue weighted by molar-refractivity contribution is -0.138. The molecule has 18 heavy (non-hydrogen) atoms. The summed E-state index contributed by atoms with van der Waals surface area (Å²) in [6.07, 6.45) is 4.90. The molecule has 0 bridgehead atoms. The molecule has 0 rings (SSSR count). The van der Waals surface area contributed by atoms with Gasteiger partial charge in [-0.15, -0.1) is 0 Å². The van der Waals surface area contributed by atoms with Crippen LogP contribution in [0.4, 0.5) is 0 Å². The first-order valence-corrected chi connectivity index (χ1v) is 6.72. The van der Waals surface area contributed by atoms with Gasteiger partial charge in [0, 0.05) is 6.61 Å². The van der Waals surface area contributed by atoms with Gasteiger partial charge in [0.1, 0.15) is 0 Å². The first-order valence-electron chi connectivity index (χ1n) is 6.72. The molecule has 0 aromatic rings. The lowest BCUT2D eigenvalue weighted by Crippen LogP contribution is -2.11. The van der Waals surface area contributed by atoms with Gasteiger partial charge >= 0.3 is 5.97 Å². The van der Waals surface area contributed by atoms with Crippen LogP contribution in [0.2, 0.25) is 0 Å². The van der Waals surface area contributed by atoms with E-state index in [2.05, 4.69) is 6.92 Å². The van der Waals surface area contributed by atoms with Crippen LogP contribution in [0.15, 0.2) is 0 Å². The molecule has 0 fully saturated rings. The van der Waals surface area contributed by atoms with E-state index in [4.69, 9.17) is 19.3 Å². The second-order valence-corrected chi connectivity index (χ2v) is 4.04. The Kier molecular flexibility index (Phi) is 13.9. The third-order valence-electron chi connectivity index (χ3n) is 2.35. The van der Waals surface area contributed by atoms with E-state index in [1.165, 1.54) is 19.3 Å². The molecule has 108 valence electrons. The van der Waals surface area contributed by atoms with Crippen molar-refractivity contribution in [3.8, 4) is 0 Å². The largest absolute Gasteiger partial charge is 0.481 e. The molecule has 0 aliphatic heterocycles. The minimum absolute atomic E-state index is 0.0425. The number of ether oxygens (including phenoxy) is 3. The van der Waals surface area contributed by atoms with E-state index in [9.17, 15) is 4.79 Å². The van der Waals surface area contributed by atoms with E-state index >= 15 is 0 Å². The fraction of sp³-hybridized carbons (Fsp3) is 0.923. The van der Waals surface area contributed by atoms with Gasteiger partial charge in [0.15, 0.2) is 0 Å². The van der Waals surface area contributed by atoms with Crippen LogP contribution in [-0.4, -0.2) is 50.7 Å². The van der Waals surface area contributed by atoms with Crippen molar-refractivity contribution in [2.75, 3.05) is 39.6 Å². The summed E-state index contributed by atoms with van der Waals surface area (Å²) in [7, 11) is 0. The molecule has 1 N–H and O–H groups in total. The topological polar surface area (TPSA) is 65.0 Å². The summed E-state index contributed by atoms with van der Waals surface area (Å²) >= 11 is 0. The summed E-state index contributed by atoms with van der Waals surface area (Å²) in [6.45, 7) is 5.33. The summed E-state index contributed by atoms with van der Waals surface area (Å²) in [5, 5.41) is 8.36. The molecule has 0 spiro atoms. The van der Waals surface area contributed by atoms with Crippen LogP contribution in [0.1, 0.15) is 39.0 Å². The van der Waals surface area contributed by atoms with Gasteiger partial charge in [0.25, 0.3) is 0 Å². The van der Waals surface area contributed by atoms with Gasteiger partial charge in [0.05, 0.1) is 39.5 Å². The molecule has 5 nitrogen and oxygen atoms in total. The number of aliphatic carboxylic acids is 1. The predicted octanol–water partition coefficient (Wildman–Crippen LogP) is 2.09. The maximum atomic E-state index is 10.2. The van der Waals surface area contributed by atoms with Crippen molar-refractivity contribution in [3.63, 3.8) is 0 Å². The predicted molar refractivity (Wildman–Crippen MR) is 68.9 cm³/mol. The highest BCUT2D eigenvalue weighted by molar-refractivity contribution is 5.66. The van der Waals surface area contributed by atoms with Gasteiger partial charge in [-0.1, -0.05) is 26.2 Å². The summed E-state index contributed by atoms with van der Waals surface area (Å²) in [5.74, 6) is -0.840.